The van der Waals surface area contributed by atoms with Crippen LogP contribution in [-0.4, -0.2) is 22.7 Å². The number of thiophene rings is 1. The zero-order chi connectivity index (χ0) is 16.9. The Labute approximate surface area is 144 Å². The Morgan fingerprint density at radius 1 is 1.21 bits per heavy atom. The van der Waals surface area contributed by atoms with Gasteiger partial charge in [0.1, 0.15) is 0 Å². The van der Waals surface area contributed by atoms with E-state index in [9.17, 15) is 4.79 Å². The molecule has 1 aromatic carbocycles. The third-order valence-corrected chi connectivity index (χ3v) is 4.33. The minimum atomic E-state index is -0.108. The molecule has 3 aromatic rings. The normalized spacial score (nSPS) is 10.4. The van der Waals surface area contributed by atoms with Gasteiger partial charge in [0.2, 0.25) is 5.88 Å². The van der Waals surface area contributed by atoms with Crippen LogP contribution >= 0.6 is 11.3 Å². The monoisotopic (exact) mass is 339 g/mol. The first-order valence-electron chi connectivity index (χ1n) is 7.60. The number of nitrogens with one attached hydrogen (secondary N) is 1. The topological polar surface area (TPSA) is 64.1 Å². The molecular formula is C18H17N3O2S. The van der Waals surface area contributed by atoms with Crippen LogP contribution in [0.5, 0.6) is 5.88 Å². The predicted octanol–water partition coefficient (Wildman–Crippen LogP) is 4.16. The van der Waals surface area contributed by atoms with Gasteiger partial charge in [-0.15, -0.1) is 21.5 Å². The van der Waals surface area contributed by atoms with Gasteiger partial charge in [-0.1, -0.05) is 18.2 Å². The van der Waals surface area contributed by atoms with Crippen molar-refractivity contribution in [2.75, 3.05) is 11.9 Å². The molecule has 0 saturated carbocycles. The Morgan fingerprint density at radius 2 is 2.08 bits per heavy atom. The minimum absolute atomic E-state index is 0.108. The fourth-order valence-corrected chi connectivity index (χ4v) is 2.83. The molecule has 1 amide bonds. The van der Waals surface area contributed by atoms with Crippen LogP contribution in [0.2, 0.25) is 0 Å². The van der Waals surface area contributed by atoms with Gasteiger partial charge in [-0.05, 0) is 43.0 Å². The molecular weight excluding hydrogens is 322 g/mol. The summed E-state index contributed by atoms with van der Waals surface area (Å²) in [4.78, 5) is 12.9. The second kappa shape index (κ2) is 7.23. The summed E-state index contributed by atoms with van der Waals surface area (Å²) in [6, 6.07) is 13.1. The molecule has 0 aliphatic heterocycles. The number of ether oxygens (including phenoxy) is 1. The zero-order valence-electron chi connectivity index (χ0n) is 13.4. The third-order valence-electron chi connectivity index (χ3n) is 3.46. The molecule has 0 fully saturated rings. The molecule has 24 heavy (non-hydrogen) atoms. The Balaban J connectivity index is 1.84. The van der Waals surface area contributed by atoms with Crippen LogP contribution in [0.1, 0.15) is 22.2 Å². The highest BCUT2D eigenvalue weighted by molar-refractivity contribution is 7.12. The molecule has 0 bridgehead atoms. The first-order valence-corrected chi connectivity index (χ1v) is 8.47. The summed E-state index contributed by atoms with van der Waals surface area (Å²) < 4.78 is 5.30. The largest absolute Gasteiger partial charge is 0.477 e. The molecule has 122 valence electrons. The van der Waals surface area contributed by atoms with E-state index in [1.165, 1.54) is 11.3 Å². The number of carbonyl (C=O) groups excluding carboxylic acids is 1. The molecule has 1 N–H and O–H groups in total. The van der Waals surface area contributed by atoms with E-state index in [0.29, 0.717) is 17.4 Å². The van der Waals surface area contributed by atoms with Gasteiger partial charge in [0, 0.05) is 17.3 Å². The van der Waals surface area contributed by atoms with Gasteiger partial charge in [0.15, 0.2) is 0 Å². The Morgan fingerprint density at radius 3 is 2.75 bits per heavy atom. The van der Waals surface area contributed by atoms with Crippen molar-refractivity contribution in [3.8, 4) is 17.1 Å². The molecule has 2 aromatic heterocycles. The average molecular weight is 339 g/mol. The molecule has 0 aliphatic rings. The molecule has 6 heteroatoms. The number of aromatic nitrogens is 2. The average Bonchev–Trinajstić information content (AvgIpc) is 3.13. The standard InChI is InChI=1S/C18H17N3O2S/c1-3-23-17-9-8-14(20-21-17)13-7-6-12(2)15(11-13)19-18(22)16-5-4-10-24-16/h4-11H,3H2,1-2H3,(H,19,22). The van der Waals surface area contributed by atoms with E-state index >= 15 is 0 Å². The second-order valence-corrected chi connectivity index (χ2v) is 6.10. The maximum Gasteiger partial charge on any atom is 0.265 e. The Hall–Kier alpha value is -2.73. The quantitative estimate of drug-likeness (QED) is 0.758. The molecule has 0 unspecified atom stereocenters. The smallest absolute Gasteiger partial charge is 0.265 e. The summed E-state index contributed by atoms with van der Waals surface area (Å²) in [7, 11) is 0. The minimum Gasteiger partial charge on any atom is -0.477 e. The van der Waals surface area contributed by atoms with E-state index in [-0.39, 0.29) is 5.91 Å². The summed E-state index contributed by atoms with van der Waals surface area (Å²) in [6.07, 6.45) is 0. The van der Waals surface area contributed by atoms with Crippen LogP contribution in [-0.2, 0) is 0 Å². The number of amides is 1. The summed E-state index contributed by atoms with van der Waals surface area (Å²) in [5, 5.41) is 13.1. The van der Waals surface area contributed by atoms with Crippen LogP contribution in [0.4, 0.5) is 5.69 Å². The van der Waals surface area contributed by atoms with Gasteiger partial charge in [0.25, 0.3) is 5.91 Å². The Bertz CT molecular complexity index is 830. The van der Waals surface area contributed by atoms with Gasteiger partial charge in [-0.3, -0.25) is 4.79 Å². The van der Waals surface area contributed by atoms with Crippen LogP contribution in [0.25, 0.3) is 11.3 Å². The van der Waals surface area contributed by atoms with Crippen molar-refractivity contribution >= 4 is 22.9 Å². The van der Waals surface area contributed by atoms with Crippen LogP contribution in [0.15, 0.2) is 47.8 Å². The van der Waals surface area contributed by atoms with Crippen molar-refractivity contribution in [3.63, 3.8) is 0 Å². The first-order chi connectivity index (χ1) is 11.7. The van der Waals surface area contributed by atoms with Gasteiger partial charge >= 0.3 is 0 Å². The summed E-state index contributed by atoms with van der Waals surface area (Å²) >= 11 is 1.41. The van der Waals surface area contributed by atoms with E-state index in [1.807, 2.05) is 49.6 Å². The molecule has 0 aliphatic carbocycles. The highest BCUT2D eigenvalue weighted by atomic mass is 32.1. The van der Waals surface area contributed by atoms with Crippen molar-refractivity contribution in [1.29, 1.82) is 0 Å². The van der Waals surface area contributed by atoms with Crippen molar-refractivity contribution < 1.29 is 9.53 Å². The molecule has 2 heterocycles. The van der Waals surface area contributed by atoms with E-state index in [0.717, 1.165) is 22.5 Å². The number of nitrogens with zero attached hydrogens (tertiary/aromatic N) is 2. The number of hydrogen-bond acceptors (Lipinski definition) is 5. The van der Waals surface area contributed by atoms with Gasteiger partial charge < -0.3 is 10.1 Å². The van der Waals surface area contributed by atoms with E-state index in [1.54, 1.807) is 12.1 Å². The number of aryl methyl sites for hydroxylation is 1. The lowest BCUT2D eigenvalue weighted by molar-refractivity contribution is 0.103. The highest BCUT2D eigenvalue weighted by Gasteiger charge is 2.10. The fraction of sp³-hybridized carbons (Fsp3) is 0.167. The second-order valence-electron chi connectivity index (χ2n) is 5.15. The number of hydrogen-bond donors (Lipinski definition) is 1. The lowest BCUT2D eigenvalue weighted by atomic mass is 10.1. The SMILES string of the molecule is CCOc1ccc(-c2ccc(C)c(NC(=O)c3cccs3)c2)nn1. The van der Waals surface area contributed by atoms with Gasteiger partial charge in [0.05, 0.1) is 17.2 Å². The fourth-order valence-electron chi connectivity index (χ4n) is 2.21. The summed E-state index contributed by atoms with van der Waals surface area (Å²) in [5.74, 6) is 0.391. The van der Waals surface area contributed by atoms with E-state index in [2.05, 4.69) is 15.5 Å². The van der Waals surface area contributed by atoms with Crippen LogP contribution < -0.4 is 10.1 Å². The predicted molar refractivity (Wildman–Crippen MR) is 95.6 cm³/mol. The molecule has 0 saturated heterocycles. The van der Waals surface area contributed by atoms with Gasteiger partial charge in [-0.2, -0.15) is 0 Å². The van der Waals surface area contributed by atoms with Crippen molar-refractivity contribution in [1.82, 2.24) is 10.2 Å². The lowest BCUT2D eigenvalue weighted by Gasteiger charge is -2.10. The lowest BCUT2D eigenvalue weighted by Crippen LogP contribution is -2.11. The van der Waals surface area contributed by atoms with Crippen molar-refractivity contribution in [2.45, 2.75) is 13.8 Å². The Kier molecular flexibility index (Phi) is 4.86. The van der Waals surface area contributed by atoms with Gasteiger partial charge in [-0.25, -0.2) is 0 Å². The first kappa shape index (κ1) is 16.1. The highest BCUT2D eigenvalue weighted by Crippen LogP contribution is 2.25. The van der Waals surface area contributed by atoms with Crippen molar-refractivity contribution in [3.05, 3.63) is 58.3 Å². The summed E-state index contributed by atoms with van der Waals surface area (Å²) in [6.45, 7) is 4.41. The van der Waals surface area contributed by atoms with Crippen LogP contribution in [0.3, 0.4) is 0 Å². The van der Waals surface area contributed by atoms with E-state index < -0.39 is 0 Å². The number of carbonyl (C=O) groups is 1. The summed E-state index contributed by atoms with van der Waals surface area (Å²) in [5.41, 5.74) is 3.37. The number of benzene rings is 1. The number of anilines is 1. The maximum absolute atomic E-state index is 12.2. The van der Waals surface area contributed by atoms with E-state index in [4.69, 9.17) is 4.74 Å². The van der Waals surface area contributed by atoms with Crippen LogP contribution in [0, 0.1) is 6.92 Å². The molecule has 0 radical (unpaired) electrons. The maximum atomic E-state index is 12.2. The molecule has 3 rings (SSSR count). The zero-order valence-corrected chi connectivity index (χ0v) is 14.3. The third kappa shape index (κ3) is 3.60. The molecule has 0 spiro atoms. The molecule has 0 atom stereocenters. The van der Waals surface area contributed by atoms with Crippen molar-refractivity contribution in [2.24, 2.45) is 0 Å². The molecule has 5 nitrogen and oxygen atoms in total. The number of rotatable bonds is 5.